The van der Waals surface area contributed by atoms with E-state index < -0.39 is 20.1 Å². The predicted molar refractivity (Wildman–Crippen MR) is 127 cm³/mol. The molecule has 1 saturated heterocycles. The van der Waals surface area contributed by atoms with Gasteiger partial charge in [0.1, 0.15) is 11.4 Å². The van der Waals surface area contributed by atoms with Crippen molar-refractivity contribution in [3.63, 3.8) is 0 Å². The van der Waals surface area contributed by atoms with E-state index >= 15 is 0 Å². The summed E-state index contributed by atoms with van der Waals surface area (Å²) in [5.41, 5.74) is 8.11. The van der Waals surface area contributed by atoms with Crippen LogP contribution in [0.1, 0.15) is 18.2 Å². The molecule has 2 N–H and O–H groups in total. The van der Waals surface area contributed by atoms with Crippen molar-refractivity contribution in [2.45, 2.75) is 23.6 Å². The Kier molecular flexibility index (Phi) is 5.02. The molecule has 2 aliphatic rings. The molecule has 0 radical (unpaired) electrons. The summed E-state index contributed by atoms with van der Waals surface area (Å²) >= 11 is 9.68. The molecular formula is C21H20ClN3O3S3. The first-order valence-electron chi connectivity index (χ1n) is 9.69. The van der Waals surface area contributed by atoms with Gasteiger partial charge in [0.2, 0.25) is 0 Å². The van der Waals surface area contributed by atoms with E-state index in [0.717, 1.165) is 21.7 Å². The summed E-state index contributed by atoms with van der Waals surface area (Å²) in [6.45, 7) is 2.21. The standard InChI is InChI=1S/C21H20ClN3O3S3/c1-20(12-31(26,27)21(19(23)25-20)4-6-28-11-21)18-15(22)9-17(30-18)13-2-5-24-16(8-13)14-3-7-29-10-14/h2-3,5,7-10H,4,6,11-12H2,1H3,(H2,23,25). The van der Waals surface area contributed by atoms with Crippen LogP contribution in [0.25, 0.3) is 21.7 Å². The van der Waals surface area contributed by atoms with Crippen LogP contribution in [0.2, 0.25) is 5.02 Å². The molecule has 0 bridgehead atoms. The Morgan fingerprint density at radius 1 is 1.26 bits per heavy atom. The Bertz CT molecular complexity index is 1280. The zero-order chi connectivity index (χ0) is 21.9. The van der Waals surface area contributed by atoms with Gasteiger partial charge < -0.3 is 10.5 Å². The maximum atomic E-state index is 13.3. The second kappa shape index (κ2) is 7.38. The molecule has 2 unspecified atom stereocenters. The van der Waals surface area contributed by atoms with E-state index in [9.17, 15) is 8.42 Å². The quantitative estimate of drug-likeness (QED) is 0.585. The van der Waals surface area contributed by atoms with Gasteiger partial charge in [-0.05, 0) is 48.6 Å². The molecule has 5 rings (SSSR count). The monoisotopic (exact) mass is 493 g/mol. The molecule has 6 nitrogen and oxygen atoms in total. The summed E-state index contributed by atoms with van der Waals surface area (Å²) in [5.74, 6) is -0.0336. The van der Waals surface area contributed by atoms with Crippen molar-refractivity contribution in [3.05, 3.63) is 51.1 Å². The summed E-state index contributed by atoms with van der Waals surface area (Å²) in [7, 11) is -3.58. The molecule has 162 valence electrons. The van der Waals surface area contributed by atoms with Gasteiger partial charge in [-0.1, -0.05) is 11.6 Å². The van der Waals surface area contributed by atoms with Crippen molar-refractivity contribution >= 4 is 49.9 Å². The minimum absolute atomic E-state index is 0.0620. The van der Waals surface area contributed by atoms with Crippen LogP contribution in [-0.2, 0) is 20.1 Å². The maximum Gasteiger partial charge on any atom is 0.168 e. The fourth-order valence-electron chi connectivity index (χ4n) is 4.21. The maximum absolute atomic E-state index is 13.3. The van der Waals surface area contributed by atoms with Crippen molar-refractivity contribution in [2.24, 2.45) is 10.7 Å². The largest absolute Gasteiger partial charge is 0.386 e. The Hall–Kier alpha value is -1.78. The minimum Gasteiger partial charge on any atom is -0.386 e. The Labute approximate surface area is 193 Å². The van der Waals surface area contributed by atoms with E-state index in [-0.39, 0.29) is 18.2 Å². The van der Waals surface area contributed by atoms with Crippen LogP contribution >= 0.6 is 34.3 Å². The molecule has 2 atom stereocenters. The molecule has 0 saturated carbocycles. The third-order valence-corrected chi connectivity index (χ3v) is 11.1. The topological polar surface area (TPSA) is 94.6 Å². The highest BCUT2D eigenvalue weighted by Gasteiger charge is 2.57. The summed E-state index contributed by atoms with van der Waals surface area (Å²) in [6.07, 6.45) is 2.11. The summed E-state index contributed by atoms with van der Waals surface area (Å²) in [4.78, 5) is 10.8. The number of aromatic nitrogens is 1. The summed E-state index contributed by atoms with van der Waals surface area (Å²) in [6, 6.07) is 7.82. The second-order valence-electron chi connectivity index (χ2n) is 8.06. The van der Waals surface area contributed by atoms with Crippen LogP contribution in [0.5, 0.6) is 0 Å². The highest BCUT2D eigenvalue weighted by atomic mass is 35.5. The number of ether oxygens (including phenoxy) is 1. The van der Waals surface area contributed by atoms with Gasteiger partial charge in [0.05, 0.1) is 28.0 Å². The molecular weight excluding hydrogens is 474 g/mol. The van der Waals surface area contributed by atoms with Gasteiger partial charge in [-0.3, -0.25) is 9.98 Å². The molecule has 10 heteroatoms. The third kappa shape index (κ3) is 3.34. The number of hydrogen-bond acceptors (Lipinski definition) is 8. The fraction of sp³-hybridized carbons (Fsp3) is 0.333. The fourth-order valence-corrected chi connectivity index (χ4v) is 8.82. The van der Waals surface area contributed by atoms with Crippen molar-refractivity contribution in [2.75, 3.05) is 19.0 Å². The van der Waals surface area contributed by atoms with Crippen LogP contribution in [-0.4, -0.2) is 43.0 Å². The lowest BCUT2D eigenvalue weighted by Gasteiger charge is -2.38. The number of halogens is 1. The van der Waals surface area contributed by atoms with E-state index in [2.05, 4.69) is 4.98 Å². The molecule has 1 spiro atoms. The molecule has 0 amide bonds. The van der Waals surface area contributed by atoms with Gasteiger partial charge in [0.25, 0.3) is 0 Å². The zero-order valence-corrected chi connectivity index (χ0v) is 19.9. The minimum atomic E-state index is -3.58. The molecule has 3 aromatic heterocycles. The number of nitrogens with two attached hydrogens (primary N) is 1. The molecule has 1 fully saturated rings. The number of sulfone groups is 1. The van der Waals surface area contributed by atoms with E-state index in [1.165, 1.54) is 11.3 Å². The van der Waals surface area contributed by atoms with E-state index in [0.29, 0.717) is 22.9 Å². The van der Waals surface area contributed by atoms with Gasteiger partial charge in [0.15, 0.2) is 14.6 Å². The second-order valence-corrected chi connectivity index (χ2v) is 12.6. The molecule has 5 heterocycles. The van der Waals surface area contributed by atoms with Crippen LogP contribution in [0.4, 0.5) is 0 Å². The Morgan fingerprint density at radius 2 is 2.10 bits per heavy atom. The number of pyridine rings is 1. The molecule has 0 aromatic carbocycles. The van der Waals surface area contributed by atoms with Gasteiger partial charge >= 0.3 is 0 Å². The predicted octanol–water partition coefficient (Wildman–Crippen LogP) is 4.35. The lowest BCUT2D eigenvalue weighted by molar-refractivity contribution is 0.194. The zero-order valence-electron chi connectivity index (χ0n) is 16.7. The average molecular weight is 494 g/mol. The number of nitrogens with zero attached hydrogens (tertiary/aromatic N) is 2. The number of amidine groups is 1. The molecule has 2 aliphatic heterocycles. The highest BCUT2D eigenvalue weighted by Crippen LogP contribution is 2.47. The van der Waals surface area contributed by atoms with Crippen LogP contribution in [0, 0.1) is 0 Å². The van der Waals surface area contributed by atoms with Gasteiger partial charge in [0, 0.05) is 28.6 Å². The van der Waals surface area contributed by atoms with Crippen molar-refractivity contribution < 1.29 is 13.2 Å². The van der Waals surface area contributed by atoms with Crippen molar-refractivity contribution in [3.8, 4) is 21.7 Å². The number of hydrogen-bond donors (Lipinski definition) is 1. The Morgan fingerprint density at radius 3 is 2.77 bits per heavy atom. The normalized spacial score (nSPS) is 27.5. The SMILES string of the molecule is CC1(c2sc(-c3ccnc(-c4ccsc4)c3)cc2Cl)CS(=O)(=O)C2(CCOC2)C(N)=N1. The summed E-state index contributed by atoms with van der Waals surface area (Å²) in [5, 5.41) is 4.55. The number of aliphatic imine (C=N–C) groups is 1. The smallest absolute Gasteiger partial charge is 0.168 e. The van der Waals surface area contributed by atoms with Gasteiger partial charge in [-0.15, -0.1) is 11.3 Å². The lowest BCUT2D eigenvalue weighted by atomic mass is 10.0. The lowest BCUT2D eigenvalue weighted by Crippen LogP contribution is -2.58. The van der Waals surface area contributed by atoms with Crippen LogP contribution in [0.15, 0.2) is 46.2 Å². The number of thiophene rings is 2. The average Bonchev–Trinajstić information content (AvgIpc) is 3.47. The molecule has 31 heavy (non-hydrogen) atoms. The van der Waals surface area contributed by atoms with Gasteiger partial charge in [-0.25, -0.2) is 8.42 Å². The van der Waals surface area contributed by atoms with E-state index in [4.69, 9.17) is 27.1 Å². The first kappa shape index (κ1) is 21.1. The van der Waals surface area contributed by atoms with Crippen LogP contribution < -0.4 is 5.73 Å². The Balaban J connectivity index is 1.56. The van der Waals surface area contributed by atoms with Crippen molar-refractivity contribution in [1.29, 1.82) is 0 Å². The third-order valence-electron chi connectivity index (χ3n) is 5.92. The first-order valence-corrected chi connectivity index (χ1v) is 13.5. The highest BCUT2D eigenvalue weighted by molar-refractivity contribution is 7.93. The van der Waals surface area contributed by atoms with Gasteiger partial charge in [-0.2, -0.15) is 11.3 Å². The summed E-state index contributed by atoms with van der Waals surface area (Å²) < 4.78 is 30.7. The number of rotatable bonds is 3. The first-order chi connectivity index (χ1) is 14.7. The van der Waals surface area contributed by atoms with E-state index in [1.807, 2.05) is 35.0 Å². The molecule has 3 aromatic rings. The molecule has 0 aliphatic carbocycles. The van der Waals surface area contributed by atoms with E-state index in [1.54, 1.807) is 24.5 Å². The van der Waals surface area contributed by atoms with Crippen molar-refractivity contribution in [1.82, 2.24) is 4.98 Å². The van der Waals surface area contributed by atoms with Crippen LogP contribution in [0.3, 0.4) is 0 Å².